The summed E-state index contributed by atoms with van der Waals surface area (Å²) in [6.45, 7) is 0. The average molecular weight is 788 g/mol. The van der Waals surface area contributed by atoms with Gasteiger partial charge in [0.1, 0.15) is 5.84 Å². The molecule has 3 nitrogen and oxygen atoms in total. The molecule has 3 heterocycles. The Bertz CT molecular complexity index is 3220. The van der Waals surface area contributed by atoms with Crippen LogP contribution in [0.15, 0.2) is 205 Å². The van der Waals surface area contributed by atoms with Crippen LogP contribution in [-0.4, -0.2) is 22.8 Å². The molecule has 7 aromatic carbocycles. The van der Waals surface area contributed by atoms with Crippen molar-refractivity contribution in [1.82, 2.24) is 9.88 Å². The van der Waals surface area contributed by atoms with Crippen LogP contribution >= 0.6 is 11.3 Å². The normalized spacial score (nSPS) is 15.3. The van der Waals surface area contributed by atoms with Gasteiger partial charge in [0.25, 0.3) is 0 Å². The van der Waals surface area contributed by atoms with E-state index < -0.39 is 0 Å². The van der Waals surface area contributed by atoms with Crippen LogP contribution in [0.5, 0.6) is 0 Å². The van der Waals surface area contributed by atoms with Gasteiger partial charge in [0.2, 0.25) is 0 Å². The van der Waals surface area contributed by atoms with Gasteiger partial charge in [-0.05, 0) is 99.8 Å². The number of nitrogens with zero attached hydrogens (tertiary/aromatic N) is 3. The topological polar surface area (TPSA) is 28.5 Å². The lowest BCUT2D eigenvalue weighted by atomic mass is 9.93. The lowest BCUT2D eigenvalue weighted by Crippen LogP contribution is -2.33. The molecule has 0 N–H and O–H groups in total. The summed E-state index contributed by atoms with van der Waals surface area (Å²) >= 11 is 1.84. The van der Waals surface area contributed by atoms with Crippen molar-refractivity contribution in [3.05, 3.63) is 222 Å². The number of hydrogen-bond donors (Lipinski definition) is 0. The number of thiophene rings is 1. The molecule has 60 heavy (non-hydrogen) atoms. The number of likely N-dealkylation sites (N-methyl/N-ethyl adjacent to an activating group) is 1. The molecule has 2 aromatic heterocycles. The van der Waals surface area contributed by atoms with Crippen LogP contribution < -0.4 is 0 Å². The molecule has 4 heteroatoms. The molecule has 0 radical (unpaired) electrons. The highest BCUT2D eigenvalue weighted by atomic mass is 32.1. The van der Waals surface area contributed by atoms with Gasteiger partial charge in [0, 0.05) is 39.0 Å². The quantitative estimate of drug-likeness (QED) is 0.161. The Morgan fingerprint density at radius 3 is 2.00 bits per heavy atom. The first kappa shape index (κ1) is 36.0. The monoisotopic (exact) mass is 787 g/mol. The van der Waals surface area contributed by atoms with Crippen LogP contribution in [-0.2, 0) is 0 Å². The molecule has 1 aliphatic heterocycles. The lowest BCUT2D eigenvalue weighted by molar-refractivity contribution is 0.435. The van der Waals surface area contributed by atoms with Gasteiger partial charge in [-0.15, -0.1) is 11.3 Å². The van der Waals surface area contributed by atoms with Gasteiger partial charge < -0.3 is 4.90 Å². The maximum atomic E-state index is 5.47. The van der Waals surface area contributed by atoms with Crippen LogP contribution in [0.4, 0.5) is 0 Å². The average Bonchev–Trinajstić information content (AvgIpc) is 3.72. The molecule has 0 spiro atoms. The fourth-order valence-electron chi connectivity index (χ4n) is 8.92. The molecule has 286 valence electrons. The van der Waals surface area contributed by atoms with E-state index in [1.165, 1.54) is 58.9 Å². The standard InChI is InChI=1S/C56H41N3S/c1-59-51(36-50(38-18-7-3-8-19-38)58-56(59)39-20-9-4-10-21-39)45-26-14-24-42(33-45)43-25-15-27-46(34-43)54-55-53(47-28-11-12-29-52(47)60-55)48-35-44(30-31-49(48)57-54)41-23-13-22-40(32-41)37-16-5-2-6-17-37/h2-5,7-16,18-36,51H,6,17H2,1H3. The third-order valence-corrected chi connectivity index (χ3v) is 13.2. The number of allylic oxidation sites excluding steroid dienone is 4. The van der Waals surface area contributed by atoms with Crippen molar-refractivity contribution in [1.29, 1.82) is 0 Å². The van der Waals surface area contributed by atoms with Crippen LogP contribution in [0.2, 0.25) is 0 Å². The van der Waals surface area contributed by atoms with Gasteiger partial charge in [-0.25, -0.2) is 9.98 Å². The van der Waals surface area contributed by atoms with Crippen molar-refractivity contribution in [2.45, 2.75) is 18.9 Å². The SMILES string of the molecule is CN1C(c2ccccc2)=NC(c2ccccc2)=CC1c1cccc(-c2cccc(-c3nc4ccc(-c5cccc(C6=CC=CCC6)c5)cc4c4c3sc3ccccc34)c2)c1. The van der Waals surface area contributed by atoms with Crippen LogP contribution in [0, 0.1) is 0 Å². The maximum absolute atomic E-state index is 5.47. The number of aliphatic imine (C=N–C) groups is 1. The first-order valence-corrected chi connectivity index (χ1v) is 21.5. The maximum Gasteiger partial charge on any atom is 0.137 e. The Hall–Kier alpha value is -7.14. The zero-order valence-corrected chi connectivity index (χ0v) is 34.1. The molecule has 11 rings (SSSR count). The molecule has 2 aliphatic rings. The number of pyridine rings is 1. The largest absolute Gasteiger partial charge is 0.349 e. The third kappa shape index (κ3) is 6.56. The second-order valence-electron chi connectivity index (χ2n) is 15.7. The molecule has 0 saturated carbocycles. The Balaban J connectivity index is 0.997. The minimum atomic E-state index is -0.00904. The number of hydrogen-bond acceptors (Lipinski definition) is 4. The minimum Gasteiger partial charge on any atom is -0.349 e. The van der Waals surface area contributed by atoms with E-state index in [1.807, 2.05) is 11.3 Å². The van der Waals surface area contributed by atoms with Crippen molar-refractivity contribution >= 4 is 59.5 Å². The van der Waals surface area contributed by atoms with E-state index in [2.05, 4.69) is 212 Å². The summed E-state index contributed by atoms with van der Waals surface area (Å²) < 4.78 is 2.49. The summed E-state index contributed by atoms with van der Waals surface area (Å²) in [6.07, 6.45) is 11.1. The van der Waals surface area contributed by atoms with E-state index in [9.17, 15) is 0 Å². The Labute approximate surface area is 354 Å². The first-order chi connectivity index (χ1) is 29.6. The summed E-state index contributed by atoms with van der Waals surface area (Å²) in [7, 11) is 2.15. The van der Waals surface area contributed by atoms with E-state index in [0.29, 0.717) is 0 Å². The predicted octanol–water partition coefficient (Wildman–Crippen LogP) is 14.8. The zero-order chi connectivity index (χ0) is 40.0. The van der Waals surface area contributed by atoms with E-state index >= 15 is 0 Å². The van der Waals surface area contributed by atoms with Crippen molar-refractivity contribution in [3.63, 3.8) is 0 Å². The number of rotatable bonds is 7. The van der Waals surface area contributed by atoms with E-state index in [-0.39, 0.29) is 6.04 Å². The smallest absolute Gasteiger partial charge is 0.137 e. The third-order valence-electron chi connectivity index (χ3n) is 12.0. The highest BCUT2D eigenvalue weighted by Gasteiger charge is 2.26. The fraction of sp³-hybridized carbons (Fsp3) is 0.0714. The molecular formula is C56H41N3S. The van der Waals surface area contributed by atoms with Gasteiger partial charge >= 0.3 is 0 Å². The molecule has 1 unspecified atom stereocenters. The molecule has 0 fully saturated rings. The number of amidine groups is 1. The highest BCUT2D eigenvalue weighted by Crippen LogP contribution is 2.44. The number of benzene rings is 7. The van der Waals surface area contributed by atoms with Crippen molar-refractivity contribution < 1.29 is 0 Å². The molecule has 9 aromatic rings. The van der Waals surface area contributed by atoms with Crippen LogP contribution in [0.1, 0.15) is 41.1 Å². The Morgan fingerprint density at radius 2 is 1.22 bits per heavy atom. The highest BCUT2D eigenvalue weighted by molar-refractivity contribution is 7.26. The van der Waals surface area contributed by atoms with E-state index in [4.69, 9.17) is 9.98 Å². The summed E-state index contributed by atoms with van der Waals surface area (Å²) in [4.78, 5) is 13.0. The second-order valence-corrected chi connectivity index (χ2v) is 16.8. The van der Waals surface area contributed by atoms with Gasteiger partial charge in [-0.2, -0.15) is 0 Å². The van der Waals surface area contributed by atoms with Crippen LogP contribution in [0.25, 0.3) is 75.9 Å². The van der Waals surface area contributed by atoms with Gasteiger partial charge in [-0.3, -0.25) is 0 Å². The summed E-state index contributed by atoms with van der Waals surface area (Å²) in [5.41, 5.74) is 15.0. The molecule has 0 amide bonds. The fourth-order valence-corrected chi connectivity index (χ4v) is 10.1. The molecule has 0 bridgehead atoms. The predicted molar refractivity (Wildman–Crippen MR) is 255 cm³/mol. The molecule has 1 atom stereocenters. The van der Waals surface area contributed by atoms with Crippen LogP contribution in [0.3, 0.4) is 0 Å². The Kier molecular flexibility index (Phi) is 9.13. The van der Waals surface area contributed by atoms with Gasteiger partial charge in [-0.1, -0.05) is 158 Å². The lowest BCUT2D eigenvalue weighted by Gasteiger charge is -2.33. The molecule has 0 saturated heterocycles. The van der Waals surface area contributed by atoms with Crippen molar-refractivity contribution in [2.75, 3.05) is 7.05 Å². The summed E-state index contributed by atoms with van der Waals surface area (Å²) in [6, 6.07) is 63.5. The van der Waals surface area contributed by atoms with Gasteiger partial charge in [0.15, 0.2) is 0 Å². The number of fused-ring (bicyclic) bond motifs is 5. The molecular weight excluding hydrogens is 747 g/mol. The van der Waals surface area contributed by atoms with Crippen molar-refractivity contribution in [3.8, 4) is 33.5 Å². The summed E-state index contributed by atoms with van der Waals surface area (Å²) in [5, 5.41) is 3.74. The first-order valence-electron chi connectivity index (χ1n) is 20.7. The minimum absolute atomic E-state index is 0.00904. The Morgan fingerprint density at radius 1 is 0.567 bits per heavy atom. The van der Waals surface area contributed by atoms with E-state index in [1.54, 1.807) is 0 Å². The van der Waals surface area contributed by atoms with E-state index in [0.717, 1.165) is 57.8 Å². The van der Waals surface area contributed by atoms with Gasteiger partial charge in [0.05, 0.1) is 27.6 Å². The molecule has 1 aliphatic carbocycles. The number of aromatic nitrogens is 1. The zero-order valence-electron chi connectivity index (χ0n) is 33.3. The van der Waals surface area contributed by atoms with Crippen molar-refractivity contribution in [2.24, 2.45) is 4.99 Å². The second kappa shape index (κ2) is 15.2. The summed E-state index contributed by atoms with van der Waals surface area (Å²) in [5.74, 6) is 0.958.